The summed E-state index contributed by atoms with van der Waals surface area (Å²) in [7, 11) is -3.63. The smallest absolute Gasteiger partial charge is 0.229 e. The average molecular weight is 195 g/mol. The minimum Gasteiger partial charge on any atom is -0.229 e. The second-order valence-electron chi connectivity index (χ2n) is 2.87. The summed E-state index contributed by atoms with van der Waals surface area (Å²) in [6.07, 6.45) is -0.397. The molecule has 3 nitrogen and oxygen atoms in total. The Bertz CT molecular complexity index is 317. The van der Waals surface area contributed by atoms with Crippen LogP contribution in [-0.4, -0.2) is 25.8 Å². The van der Waals surface area contributed by atoms with Gasteiger partial charge < -0.3 is 0 Å². The maximum Gasteiger partial charge on any atom is 0.266 e. The summed E-state index contributed by atoms with van der Waals surface area (Å²) in [5.41, 5.74) is 0. The van der Waals surface area contributed by atoms with E-state index < -0.39 is 39.6 Å². The van der Waals surface area contributed by atoms with Gasteiger partial charge in [0.25, 0.3) is 5.92 Å². The van der Waals surface area contributed by atoms with Crippen LogP contribution >= 0.6 is 0 Å². The summed E-state index contributed by atoms with van der Waals surface area (Å²) in [5.74, 6) is -6.19. The molecule has 1 saturated heterocycles. The third kappa shape index (κ3) is 1.72. The van der Waals surface area contributed by atoms with Gasteiger partial charge in [-0.15, -0.1) is 0 Å². The van der Waals surface area contributed by atoms with Crippen LogP contribution in [0.1, 0.15) is 6.42 Å². The Morgan fingerprint density at radius 1 is 1.58 bits per heavy atom. The molecule has 0 aromatic rings. The van der Waals surface area contributed by atoms with E-state index in [0.29, 0.717) is 0 Å². The minimum absolute atomic E-state index is 0.397. The molecule has 68 valence electrons. The first kappa shape index (κ1) is 9.39. The van der Waals surface area contributed by atoms with E-state index in [1.807, 2.05) is 0 Å². The molecule has 0 N–H and O–H groups in total. The molecule has 0 spiro atoms. The molecular formula is C6H7F2NO2S. The van der Waals surface area contributed by atoms with Crippen molar-refractivity contribution in [3.8, 4) is 6.07 Å². The van der Waals surface area contributed by atoms with Crippen LogP contribution in [0.3, 0.4) is 0 Å². The van der Waals surface area contributed by atoms with Gasteiger partial charge in [-0.05, 0) is 0 Å². The highest BCUT2D eigenvalue weighted by molar-refractivity contribution is 7.91. The highest BCUT2D eigenvalue weighted by atomic mass is 32.2. The number of hydrogen-bond acceptors (Lipinski definition) is 3. The maximum atomic E-state index is 12.8. The summed E-state index contributed by atoms with van der Waals surface area (Å²) in [6, 6.07) is 1.56. The molecule has 0 saturated carbocycles. The average Bonchev–Trinajstić information content (AvgIpc) is 2.01. The maximum absolute atomic E-state index is 12.8. The Morgan fingerprint density at radius 2 is 2.17 bits per heavy atom. The highest BCUT2D eigenvalue weighted by Crippen LogP contribution is 2.36. The summed E-state index contributed by atoms with van der Waals surface area (Å²) >= 11 is 0. The van der Waals surface area contributed by atoms with Crippen molar-refractivity contribution in [1.82, 2.24) is 0 Å². The van der Waals surface area contributed by atoms with E-state index in [1.165, 1.54) is 0 Å². The lowest BCUT2D eigenvalue weighted by atomic mass is 10.0. The predicted octanol–water partition coefficient (Wildman–Crippen LogP) is 0.580. The van der Waals surface area contributed by atoms with Gasteiger partial charge >= 0.3 is 0 Å². The number of hydrogen-bond donors (Lipinski definition) is 0. The third-order valence-corrected chi connectivity index (χ3v) is 3.54. The van der Waals surface area contributed by atoms with E-state index in [0.717, 1.165) is 0 Å². The topological polar surface area (TPSA) is 57.9 Å². The van der Waals surface area contributed by atoms with Crippen LogP contribution in [0, 0.1) is 17.2 Å². The number of nitriles is 1. The van der Waals surface area contributed by atoms with Gasteiger partial charge in [0.2, 0.25) is 0 Å². The van der Waals surface area contributed by atoms with Gasteiger partial charge in [-0.2, -0.15) is 5.26 Å². The monoisotopic (exact) mass is 195 g/mol. The zero-order valence-corrected chi connectivity index (χ0v) is 6.94. The van der Waals surface area contributed by atoms with Crippen molar-refractivity contribution in [3.05, 3.63) is 0 Å². The van der Waals surface area contributed by atoms with Crippen LogP contribution in [-0.2, 0) is 9.84 Å². The minimum atomic E-state index is -3.63. The number of alkyl halides is 2. The zero-order valence-electron chi connectivity index (χ0n) is 6.13. The standard InChI is InChI=1S/C6H7F2NO2S/c7-6(8)4-12(10,11)3-5(6)1-2-9/h5H,1,3-4H2. The highest BCUT2D eigenvalue weighted by Gasteiger charge is 2.51. The summed E-state index contributed by atoms with van der Waals surface area (Å²) < 4.78 is 47.0. The Labute approximate surface area is 68.9 Å². The summed E-state index contributed by atoms with van der Waals surface area (Å²) in [4.78, 5) is 0. The van der Waals surface area contributed by atoms with Crippen molar-refractivity contribution in [3.63, 3.8) is 0 Å². The van der Waals surface area contributed by atoms with Gasteiger partial charge in [0.1, 0.15) is 5.75 Å². The third-order valence-electron chi connectivity index (χ3n) is 1.80. The van der Waals surface area contributed by atoms with Gasteiger partial charge in [-0.25, -0.2) is 17.2 Å². The first-order valence-corrected chi connectivity index (χ1v) is 5.15. The number of halogens is 2. The fourth-order valence-electron chi connectivity index (χ4n) is 1.22. The number of rotatable bonds is 1. The van der Waals surface area contributed by atoms with Gasteiger partial charge in [-0.3, -0.25) is 0 Å². The van der Waals surface area contributed by atoms with Crippen molar-refractivity contribution in [1.29, 1.82) is 5.26 Å². The Kier molecular flexibility index (Phi) is 2.08. The van der Waals surface area contributed by atoms with Crippen molar-refractivity contribution >= 4 is 9.84 Å². The molecule has 1 fully saturated rings. The second kappa shape index (κ2) is 2.66. The fraction of sp³-hybridized carbons (Fsp3) is 0.833. The molecule has 6 heteroatoms. The second-order valence-corrected chi connectivity index (χ2v) is 4.98. The lowest BCUT2D eigenvalue weighted by molar-refractivity contribution is -0.0163. The molecule has 0 aliphatic carbocycles. The fourth-order valence-corrected chi connectivity index (χ4v) is 3.13. The summed E-state index contributed by atoms with van der Waals surface area (Å²) in [6.45, 7) is 0. The van der Waals surface area contributed by atoms with Crippen LogP contribution < -0.4 is 0 Å². The van der Waals surface area contributed by atoms with Crippen molar-refractivity contribution < 1.29 is 17.2 Å². The Balaban J connectivity index is 2.86. The molecule has 0 bridgehead atoms. The van der Waals surface area contributed by atoms with Gasteiger partial charge in [0.05, 0.1) is 17.7 Å². The van der Waals surface area contributed by atoms with Crippen LogP contribution in [0.4, 0.5) is 8.78 Å². The van der Waals surface area contributed by atoms with Crippen molar-refractivity contribution in [2.75, 3.05) is 11.5 Å². The van der Waals surface area contributed by atoms with Gasteiger partial charge in [0.15, 0.2) is 9.84 Å². The molecule has 0 aromatic heterocycles. The van der Waals surface area contributed by atoms with Gasteiger partial charge in [-0.1, -0.05) is 0 Å². The van der Waals surface area contributed by atoms with E-state index in [-0.39, 0.29) is 0 Å². The van der Waals surface area contributed by atoms with Crippen LogP contribution in [0.2, 0.25) is 0 Å². The molecule has 0 amide bonds. The first-order chi connectivity index (χ1) is 5.37. The van der Waals surface area contributed by atoms with Crippen molar-refractivity contribution in [2.45, 2.75) is 12.3 Å². The Morgan fingerprint density at radius 3 is 2.50 bits per heavy atom. The lowest BCUT2D eigenvalue weighted by Crippen LogP contribution is -2.25. The molecule has 0 radical (unpaired) electrons. The largest absolute Gasteiger partial charge is 0.266 e. The molecule has 1 atom stereocenters. The van der Waals surface area contributed by atoms with Crippen LogP contribution in [0.25, 0.3) is 0 Å². The van der Waals surface area contributed by atoms with Gasteiger partial charge in [0, 0.05) is 6.42 Å². The molecule has 1 unspecified atom stereocenters. The van der Waals surface area contributed by atoms with E-state index in [1.54, 1.807) is 6.07 Å². The van der Waals surface area contributed by atoms with E-state index in [4.69, 9.17) is 5.26 Å². The molecule has 12 heavy (non-hydrogen) atoms. The molecule has 1 aliphatic rings. The molecule has 0 aromatic carbocycles. The number of sulfone groups is 1. The number of nitrogens with zero attached hydrogens (tertiary/aromatic N) is 1. The van der Waals surface area contributed by atoms with E-state index >= 15 is 0 Å². The lowest BCUT2D eigenvalue weighted by Gasteiger charge is -2.12. The quantitative estimate of drug-likeness (QED) is 0.615. The van der Waals surface area contributed by atoms with E-state index in [2.05, 4.69) is 0 Å². The van der Waals surface area contributed by atoms with Crippen molar-refractivity contribution in [2.24, 2.45) is 5.92 Å². The SMILES string of the molecule is N#CCC1CS(=O)(=O)CC1(F)F. The molecule has 1 aliphatic heterocycles. The molecule has 1 heterocycles. The Hall–Kier alpha value is -0.700. The normalized spacial score (nSPS) is 31.2. The predicted molar refractivity (Wildman–Crippen MR) is 37.3 cm³/mol. The molecule has 1 rings (SSSR count). The zero-order chi connectivity index (χ0) is 9.41. The first-order valence-electron chi connectivity index (χ1n) is 3.32. The van der Waals surface area contributed by atoms with E-state index in [9.17, 15) is 17.2 Å². The summed E-state index contributed by atoms with van der Waals surface area (Å²) in [5, 5.41) is 8.15. The van der Waals surface area contributed by atoms with Crippen LogP contribution in [0.15, 0.2) is 0 Å². The van der Waals surface area contributed by atoms with Crippen LogP contribution in [0.5, 0.6) is 0 Å². The molecular weight excluding hydrogens is 188 g/mol.